The van der Waals surface area contributed by atoms with E-state index in [1.54, 1.807) is 11.3 Å². The second-order valence-corrected chi connectivity index (χ2v) is 6.69. The molecule has 2 nitrogen and oxygen atoms in total. The summed E-state index contributed by atoms with van der Waals surface area (Å²) < 4.78 is 5.99. The van der Waals surface area contributed by atoms with Crippen molar-refractivity contribution in [1.29, 1.82) is 0 Å². The van der Waals surface area contributed by atoms with Crippen LogP contribution in [0.25, 0.3) is 0 Å². The Morgan fingerprint density at radius 1 is 1.16 bits per heavy atom. The van der Waals surface area contributed by atoms with Gasteiger partial charge in [-0.05, 0) is 32.4 Å². The van der Waals surface area contributed by atoms with Crippen molar-refractivity contribution >= 4 is 11.3 Å². The molecule has 0 amide bonds. The lowest BCUT2D eigenvalue weighted by Crippen LogP contribution is -2.26. The fourth-order valence-corrected chi connectivity index (χ4v) is 3.23. The number of thiophene rings is 1. The van der Waals surface area contributed by atoms with E-state index in [1.165, 1.54) is 41.9 Å². The number of hydrogen-bond donors (Lipinski definition) is 1. The first-order valence-electron chi connectivity index (χ1n) is 7.58. The minimum Gasteiger partial charge on any atom is -0.371 e. The van der Waals surface area contributed by atoms with Crippen molar-refractivity contribution in [2.24, 2.45) is 5.73 Å². The molecule has 2 unspecified atom stereocenters. The van der Waals surface area contributed by atoms with E-state index in [0.717, 1.165) is 13.0 Å². The van der Waals surface area contributed by atoms with Gasteiger partial charge in [-0.1, -0.05) is 39.0 Å². The predicted molar refractivity (Wildman–Crippen MR) is 84.8 cm³/mol. The van der Waals surface area contributed by atoms with Gasteiger partial charge < -0.3 is 10.5 Å². The van der Waals surface area contributed by atoms with E-state index in [2.05, 4.69) is 26.0 Å². The Bertz CT molecular complexity index is 335. The van der Waals surface area contributed by atoms with Gasteiger partial charge in [0.1, 0.15) is 6.10 Å². The Labute approximate surface area is 122 Å². The maximum atomic E-state index is 6.04. The lowest BCUT2D eigenvalue weighted by Gasteiger charge is -2.20. The maximum Gasteiger partial charge on any atom is 0.106 e. The molecule has 0 radical (unpaired) electrons. The molecule has 0 saturated heterocycles. The molecule has 0 fully saturated rings. The van der Waals surface area contributed by atoms with Crippen molar-refractivity contribution in [3.63, 3.8) is 0 Å². The lowest BCUT2D eigenvalue weighted by molar-refractivity contribution is 0.0382. The van der Waals surface area contributed by atoms with Gasteiger partial charge in [-0.15, -0.1) is 11.3 Å². The third kappa shape index (κ3) is 6.55. The summed E-state index contributed by atoms with van der Waals surface area (Å²) in [5.41, 5.74) is 6.04. The van der Waals surface area contributed by atoms with Gasteiger partial charge in [0.15, 0.2) is 0 Å². The van der Waals surface area contributed by atoms with Gasteiger partial charge in [-0.2, -0.15) is 0 Å². The van der Waals surface area contributed by atoms with Crippen LogP contribution in [0, 0.1) is 6.92 Å². The molecule has 110 valence electrons. The smallest absolute Gasteiger partial charge is 0.106 e. The van der Waals surface area contributed by atoms with Gasteiger partial charge in [0.05, 0.1) is 0 Å². The third-order valence-electron chi connectivity index (χ3n) is 3.31. The zero-order valence-corrected chi connectivity index (χ0v) is 13.5. The standard InChI is InChI=1S/C16H29NOS/c1-4-5-6-7-8-9-12-18-16(14(3)17)15-11-10-13(2)19-15/h10-11,14,16H,4-9,12,17H2,1-3H3. The first-order chi connectivity index (χ1) is 9.15. The highest BCUT2D eigenvalue weighted by atomic mass is 32.1. The molecule has 1 aromatic heterocycles. The Morgan fingerprint density at radius 3 is 2.42 bits per heavy atom. The Hall–Kier alpha value is -0.380. The quantitative estimate of drug-likeness (QED) is 0.625. The Kier molecular flexibility index (Phi) is 8.35. The minimum absolute atomic E-state index is 0.0538. The van der Waals surface area contributed by atoms with Crippen molar-refractivity contribution in [3.05, 3.63) is 21.9 Å². The Morgan fingerprint density at radius 2 is 1.84 bits per heavy atom. The van der Waals surface area contributed by atoms with Crippen LogP contribution in [0.1, 0.15) is 68.2 Å². The monoisotopic (exact) mass is 283 g/mol. The minimum atomic E-state index is 0.0538. The average Bonchev–Trinajstić information content (AvgIpc) is 2.78. The van der Waals surface area contributed by atoms with Gasteiger partial charge >= 0.3 is 0 Å². The summed E-state index contributed by atoms with van der Waals surface area (Å²) in [5.74, 6) is 0. The van der Waals surface area contributed by atoms with Crippen molar-refractivity contribution in [1.82, 2.24) is 0 Å². The molecule has 0 aliphatic rings. The van der Waals surface area contributed by atoms with Crippen LogP contribution in [0.3, 0.4) is 0 Å². The van der Waals surface area contributed by atoms with Crippen LogP contribution in [-0.2, 0) is 4.74 Å². The SMILES string of the molecule is CCCCCCCCOC(c1ccc(C)s1)C(C)N. The first kappa shape index (κ1) is 16.7. The molecule has 3 heteroatoms. The summed E-state index contributed by atoms with van der Waals surface area (Å²) in [5, 5.41) is 0. The van der Waals surface area contributed by atoms with Crippen LogP contribution >= 0.6 is 11.3 Å². The lowest BCUT2D eigenvalue weighted by atomic mass is 10.1. The summed E-state index contributed by atoms with van der Waals surface area (Å²) >= 11 is 1.79. The van der Waals surface area contributed by atoms with Crippen molar-refractivity contribution < 1.29 is 4.74 Å². The number of hydrogen-bond acceptors (Lipinski definition) is 3. The summed E-state index contributed by atoms with van der Waals surface area (Å²) in [6.07, 6.45) is 7.84. The third-order valence-corrected chi connectivity index (χ3v) is 4.38. The average molecular weight is 283 g/mol. The second kappa shape index (κ2) is 9.51. The van der Waals surface area contributed by atoms with Crippen LogP contribution in [0.2, 0.25) is 0 Å². The fraction of sp³-hybridized carbons (Fsp3) is 0.750. The zero-order valence-electron chi connectivity index (χ0n) is 12.7. The van der Waals surface area contributed by atoms with E-state index >= 15 is 0 Å². The van der Waals surface area contributed by atoms with Crippen molar-refractivity contribution in [3.8, 4) is 0 Å². The number of ether oxygens (including phenoxy) is 1. The van der Waals surface area contributed by atoms with Gasteiger partial charge in [0.25, 0.3) is 0 Å². The van der Waals surface area contributed by atoms with E-state index in [1.807, 2.05) is 6.92 Å². The molecule has 0 spiro atoms. The second-order valence-electron chi connectivity index (χ2n) is 5.37. The van der Waals surface area contributed by atoms with E-state index in [0.29, 0.717) is 0 Å². The molecule has 2 N–H and O–H groups in total. The van der Waals surface area contributed by atoms with Crippen LogP contribution in [-0.4, -0.2) is 12.6 Å². The molecule has 2 atom stereocenters. The van der Waals surface area contributed by atoms with Gasteiger partial charge in [0.2, 0.25) is 0 Å². The number of aryl methyl sites for hydroxylation is 1. The highest BCUT2D eigenvalue weighted by Gasteiger charge is 2.18. The molecule has 1 heterocycles. The number of nitrogens with two attached hydrogens (primary N) is 1. The van der Waals surface area contributed by atoms with Crippen molar-refractivity contribution in [2.75, 3.05) is 6.61 Å². The largest absolute Gasteiger partial charge is 0.371 e. The molecule has 1 rings (SSSR count). The summed E-state index contributed by atoms with van der Waals surface area (Å²) in [7, 11) is 0. The molecule has 0 saturated carbocycles. The molecule has 0 aromatic carbocycles. The van der Waals surface area contributed by atoms with E-state index in [9.17, 15) is 0 Å². The van der Waals surface area contributed by atoms with Gasteiger partial charge in [-0.25, -0.2) is 0 Å². The van der Waals surface area contributed by atoms with Crippen LogP contribution in [0.4, 0.5) is 0 Å². The van der Waals surface area contributed by atoms with Crippen LogP contribution in [0.5, 0.6) is 0 Å². The molecular formula is C16H29NOS. The highest BCUT2D eigenvalue weighted by Crippen LogP contribution is 2.27. The van der Waals surface area contributed by atoms with Crippen molar-refractivity contribution in [2.45, 2.75) is 71.4 Å². The summed E-state index contributed by atoms with van der Waals surface area (Å²) in [6, 6.07) is 4.34. The van der Waals surface area contributed by atoms with E-state index < -0.39 is 0 Å². The van der Waals surface area contributed by atoms with E-state index in [4.69, 9.17) is 10.5 Å². The van der Waals surface area contributed by atoms with Crippen LogP contribution in [0.15, 0.2) is 12.1 Å². The molecule has 19 heavy (non-hydrogen) atoms. The summed E-state index contributed by atoms with van der Waals surface area (Å²) in [4.78, 5) is 2.59. The first-order valence-corrected chi connectivity index (χ1v) is 8.40. The highest BCUT2D eigenvalue weighted by molar-refractivity contribution is 7.12. The Balaban J connectivity index is 2.24. The molecule has 1 aromatic rings. The zero-order chi connectivity index (χ0) is 14.1. The molecule has 0 bridgehead atoms. The summed E-state index contributed by atoms with van der Waals surface area (Å²) in [6.45, 7) is 7.23. The van der Waals surface area contributed by atoms with Gasteiger partial charge in [0, 0.05) is 22.4 Å². The topological polar surface area (TPSA) is 35.2 Å². The van der Waals surface area contributed by atoms with E-state index in [-0.39, 0.29) is 12.1 Å². The predicted octanol–water partition coefficient (Wildman–Crippen LogP) is 4.82. The molecular weight excluding hydrogens is 254 g/mol. The van der Waals surface area contributed by atoms with Crippen LogP contribution < -0.4 is 5.73 Å². The number of unbranched alkanes of at least 4 members (excludes halogenated alkanes) is 5. The maximum absolute atomic E-state index is 6.04. The molecule has 0 aliphatic heterocycles. The molecule has 0 aliphatic carbocycles. The normalized spacial score (nSPS) is 14.5. The number of rotatable bonds is 10. The van der Waals surface area contributed by atoms with Gasteiger partial charge in [-0.3, -0.25) is 0 Å². The fourth-order valence-electron chi connectivity index (χ4n) is 2.19.